The van der Waals surface area contributed by atoms with Gasteiger partial charge in [-0.2, -0.15) is 0 Å². The predicted octanol–water partition coefficient (Wildman–Crippen LogP) is 3.67. The van der Waals surface area contributed by atoms with Crippen LogP contribution in [0, 0.1) is 5.41 Å². The first-order chi connectivity index (χ1) is 13.6. The molecule has 2 N–H and O–H groups in total. The maximum atomic E-state index is 11.3. The van der Waals surface area contributed by atoms with Crippen molar-refractivity contribution in [3.8, 4) is 0 Å². The van der Waals surface area contributed by atoms with Crippen LogP contribution in [0.1, 0.15) is 52.2 Å². The summed E-state index contributed by atoms with van der Waals surface area (Å²) in [5.41, 5.74) is 4.80. The Labute approximate surface area is 166 Å². The molecule has 0 aromatic heterocycles. The number of rotatable bonds is 7. The third kappa shape index (κ3) is 3.71. The molecule has 4 nitrogen and oxygen atoms in total. The van der Waals surface area contributed by atoms with Gasteiger partial charge in [0.2, 0.25) is 0 Å². The van der Waals surface area contributed by atoms with Crippen LogP contribution in [0.2, 0.25) is 0 Å². The Morgan fingerprint density at radius 2 is 1.96 bits per heavy atom. The van der Waals surface area contributed by atoms with Crippen LogP contribution in [-0.4, -0.2) is 41.7 Å². The molecule has 2 saturated carbocycles. The number of fused-ring (bicyclic) bond motifs is 1. The third-order valence-electron chi connectivity index (χ3n) is 6.82. The second-order valence-corrected chi connectivity index (χ2v) is 8.99. The number of aromatic carboxylic acids is 1. The number of nitrogens with one attached hydrogen (secondary N) is 1. The molecule has 2 atom stereocenters. The van der Waals surface area contributed by atoms with E-state index in [2.05, 4.69) is 40.5 Å². The molecule has 1 aliphatic heterocycles. The van der Waals surface area contributed by atoms with Crippen LogP contribution in [0.15, 0.2) is 48.5 Å². The second kappa shape index (κ2) is 7.02. The van der Waals surface area contributed by atoms with E-state index in [-0.39, 0.29) is 0 Å². The lowest BCUT2D eigenvalue weighted by atomic mass is 9.96. The van der Waals surface area contributed by atoms with E-state index in [4.69, 9.17) is 0 Å². The summed E-state index contributed by atoms with van der Waals surface area (Å²) in [6, 6.07) is 17.1. The number of hydrogen-bond acceptors (Lipinski definition) is 3. The summed E-state index contributed by atoms with van der Waals surface area (Å²) in [5, 5.41) is 13.1. The Morgan fingerprint density at radius 3 is 2.71 bits per heavy atom. The zero-order chi connectivity index (χ0) is 19.1. The number of carboxylic acids is 1. The zero-order valence-corrected chi connectivity index (χ0v) is 16.2. The second-order valence-electron chi connectivity index (χ2n) is 8.99. The first-order valence-corrected chi connectivity index (χ1v) is 10.5. The first kappa shape index (κ1) is 17.9. The minimum Gasteiger partial charge on any atom is -0.478 e. The van der Waals surface area contributed by atoms with E-state index in [0.717, 1.165) is 32.6 Å². The van der Waals surface area contributed by atoms with Gasteiger partial charge in [-0.15, -0.1) is 0 Å². The topological polar surface area (TPSA) is 52.6 Å². The predicted molar refractivity (Wildman–Crippen MR) is 110 cm³/mol. The van der Waals surface area contributed by atoms with Gasteiger partial charge >= 0.3 is 5.97 Å². The molecule has 2 aliphatic carbocycles. The summed E-state index contributed by atoms with van der Waals surface area (Å²) in [6.45, 7) is 4.20. The van der Waals surface area contributed by atoms with Crippen molar-refractivity contribution in [3.63, 3.8) is 0 Å². The van der Waals surface area contributed by atoms with Crippen molar-refractivity contribution in [1.82, 2.24) is 10.2 Å². The molecule has 3 aliphatic rings. The van der Waals surface area contributed by atoms with Gasteiger partial charge in [0.05, 0.1) is 5.56 Å². The first-order valence-electron chi connectivity index (χ1n) is 10.5. The average molecular weight is 377 g/mol. The summed E-state index contributed by atoms with van der Waals surface area (Å²) in [7, 11) is 0. The molecule has 2 aromatic carbocycles. The van der Waals surface area contributed by atoms with Gasteiger partial charge < -0.3 is 10.4 Å². The molecule has 0 saturated heterocycles. The molecular weight excluding hydrogens is 348 g/mol. The lowest BCUT2D eigenvalue weighted by Crippen LogP contribution is -2.39. The van der Waals surface area contributed by atoms with Gasteiger partial charge in [0.25, 0.3) is 0 Å². The Morgan fingerprint density at radius 1 is 1.14 bits per heavy atom. The molecule has 0 amide bonds. The van der Waals surface area contributed by atoms with Crippen molar-refractivity contribution < 1.29 is 9.90 Å². The normalized spacial score (nSPS) is 25.1. The molecule has 1 heterocycles. The van der Waals surface area contributed by atoms with E-state index in [1.165, 1.54) is 36.0 Å². The molecule has 146 valence electrons. The molecule has 5 rings (SSSR count). The Bertz CT molecular complexity index is 875. The smallest absolute Gasteiger partial charge is 0.335 e. The fraction of sp³-hybridized carbons (Fsp3) is 0.458. The van der Waals surface area contributed by atoms with E-state index in [9.17, 15) is 9.90 Å². The van der Waals surface area contributed by atoms with Gasteiger partial charge in [0, 0.05) is 38.1 Å². The van der Waals surface area contributed by atoms with Crippen LogP contribution in [-0.2, 0) is 13.0 Å². The van der Waals surface area contributed by atoms with Crippen molar-refractivity contribution >= 4 is 5.97 Å². The largest absolute Gasteiger partial charge is 0.478 e. The maximum absolute atomic E-state index is 11.3. The number of nitrogens with zero attached hydrogens (tertiary/aromatic N) is 1. The molecule has 0 spiro atoms. The van der Waals surface area contributed by atoms with Crippen molar-refractivity contribution in [2.45, 2.75) is 44.2 Å². The highest BCUT2D eigenvalue weighted by Gasteiger charge is 2.46. The SMILES string of the molecule is O=C(O)c1ccc2c(c1)CN(CC1(CN[C@H]3C[C@@H]3c3ccccc3)CC1)CC2. The quantitative estimate of drug-likeness (QED) is 0.774. The monoisotopic (exact) mass is 376 g/mol. The zero-order valence-electron chi connectivity index (χ0n) is 16.2. The summed E-state index contributed by atoms with van der Waals surface area (Å²) in [6.07, 6.45) is 4.90. The van der Waals surface area contributed by atoms with Gasteiger partial charge in [-0.3, -0.25) is 4.90 Å². The van der Waals surface area contributed by atoms with Gasteiger partial charge in [-0.25, -0.2) is 4.79 Å². The molecule has 2 fully saturated rings. The fourth-order valence-corrected chi connectivity index (χ4v) is 4.76. The van der Waals surface area contributed by atoms with E-state index in [1.54, 1.807) is 6.07 Å². The molecule has 4 heteroatoms. The fourth-order valence-electron chi connectivity index (χ4n) is 4.76. The van der Waals surface area contributed by atoms with E-state index in [1.807, 2.05) is 12.1 Å². The van der Waals surface area contributed by atoms with Gasteiger partial charge in [0.15, 0.2) is 0 Å². The van der Waals surface area contributed by atoms with E-state index in [0.29, 0.717) is 22.9 Å². The highest BCUT2D eigenvalue weighted by molar-refractivity contribution is 5.87. The van der Waals surface area contributed by atoms with Gasteiger partial charge in [-0.1, -0.05) is 36.4 Å². The number of hydrogen-bond donors (Lipinski definition) is 2. The molecule has 28 heavy (non-hydrogen) atoms. The van der Waals surface area contributed by atoms with E-state index >= 15 is 0 Å². The van der Waals surface area contributed by atoms with Crippen molar-refractivity contribution in [2.24, 2.45) is 5.41 Å². The molecule has 2 aromatic rings. The van der Waals surface area contributed by atoms with Gasteiger partial charge in [0.1, 0.15) is 0 Å². The van der Waals surface area contributed by atoms with Gasteiger partial charge in [-0.05, 0) is 59.9 Å². The van der Waals surface area contributed by atoms with Crippen LogP contribution in [0.5, 0.6) is 0 Å². The lowest BCUT2D eigenvalue weighted by molar-refractivity contribution is 0.0696. The summed E-state index contributed by atoms with van der Waals surface area (Å²) in [4.78, 5) is 13.8. The molecule has 0 radical (unpaired) electrons. The van der Waals surface area contributed by atoms with Crippen LogP contribution >= 0.6 is 0 Å². The van der Waals surface area contributed by atoms with Crippen molar-refractivity contribution in [3.05, 3.63) is 70.8 Å². The van der Waals surface area contributed by atoms with Crippen LogP contribution in [0.25, 0.3) is 0 Å². The van der Waals surface area contributed by atoms with Crippen molar-refractivity contribution in [1.29, 1.82) is 0 Å². The lowest BCUT2D eigenvalue weighted by Gasteiger charge is -2.32. The number of carbonyl (C=O) groups is 1. The average Bonchev–Trinajstić information content (AvgIpc) is 3.63. The Kier molecular flexibility index (Phi) is 4.48. The Hall–Kier alpha value is -2.17. The van der Waals surface area contributed by atoms with E-state index < -0.39 is 5.97 Å². The minimum atomic E-state index is -0.833. The summed E-state index contributed by atoms with van der Waals surface area (Å²) >= 11 is 0. The maximum Gasteiger partial charge on any atom is 0.335 e. The van der Waals surface area contributed by atoms with Crippen LogP contribution < -0.4 is 5.32 Å². The summed E-state index contributed by atoms with van der Waals surface area (Å²) < 4.78 is 0. The highest BCUT2D eigenvalue weighted by Crippen LogP contribution is 2.48. The molecular formula is C24H28N2O2. The minimum absolute atomic E-state index is 0.407. The summed E-state index contributed by atoms with van der Waals surface area (Å²) in [5.74, 6) is -0.145. The molecule has 0 unspecified atom stereocenters. The van der Waals surface area contributed by atoms with Crippen LogP contribution in [0.4, 0.5) is 0 Å². The highest BCUT2D eigenvalue weighted by atomic mass is 16.4. The van der Waals surface area contributed by atoms with Crippen LogP contribution in [0.3, 0.4) is 0 Å². The number of carboxylic acid groups (broad SMARTS) is 1. The van der Waals surface area contributed by atoms with Crippen molar-refractivity contribution in [2.75, 3.05) is 19.6 Å². The molecule has 0 bridgehead atoms. The number of benzene rings is 2. The standard InChI is InChI=1S/C24H28N2O2/c27-23(28)19-7-6-17-8-11-26(14-20(17)12-19)16-24(9-10-24)15-25-22-13-21(22)18-4-2-1-3-5-18/h1-7,12,21-22,25H,8-11,13-16H2,(H,27,28)/t21-,22+/m1/s1. The Balaban J connectivity index is 1.16. The third-order valence-corrected chi connectivity index (χ3v) is 6.82.